The van der Waals surface area contributed by atoms with Crippen molar-refractivity contribution in [3.8, 4) is 0 Å². The largest absolute Gasteiger partial charge is 0.379 e. The molecule has 0 bridgehead atoms. The zero-order valence-corrected chi connectivity index (χ0v) is 13.9. The zero-order chi connectivity index (χ0) is 17.3. The highest BCUT2D eigenvalue weighted by Crippen LogP contribution is 2.32. The lowest BCUT2D eigenvalue weighted by atomic mass is 9.91. The van der Waals surface area contributed by atoms with E-state index in [1.807, 2.05) is 0 Å². The number of rotatable bonds is 6. The van der Waals surface area contributed by atoms with Gasteiger partial charge in [0.1, 0.15) is 0 Å². The van der Waals surface area contributed by atoms with Crippen molar-refractivity contribution in [2.75, 3.05) is 19.6 Å². The highest BCUT2D eigenvalue weighted by atomic mass is 19.2. The molecule has 0 unspecified atom stereocenters. The molecule has 0 aromatic heterocycles. The number of aryl methyl sites for hydroxylation is 1. The van der Waals surface area contributed by atoms with Crippen LogP contribution in [0.15, 0.2) is 12.1 Å². The van der Waals surface area contributed by atoms with E-state index in [-0.39, 0.29) is 30.1 Å². The molecule has 6 heteroatoms. The third kappa shape index (κ3) is 3.59. The Morgan fingerprint density at radius 2 is 2.08 bits per heavy atom. The van der Waals surface area contributed by atoms with E-state index >= 15 is 0 Å². The Morgan fingerprint density at radius 1 is 1.33 bits per heavy atom. The van der Waals surface area contributed by atoms with Gasteiger partial charge < -0.3 is 15.3 Å². The van der Waals surface area contributed by atoms with E-state index in [2.05, 4.69) is 5.32 Å². The third-order valence-corrected chi connectivity index (χ3v) is 4.97. The van der Waals surface area contributed by atoms with E-state index in [1.165, 1.54) is 19.1 Å². The van der Waals surface area contributed by atoms with Gasteiger partial charge in [0, 0.05) is 31.7 Å². The summed E-state index contributed by atoms with van der Waals surface area (Å²) in [6.07, 6.45) is 3.45. The molecule has 1 aromatic rings. The maximum atomic E-state index is 13.9. The number of carbonyl (C=O) groups is 1. The van der Waals surface area contributed by atoms with Crippen LogP contribution in [0.3, 0.4) is 0 Å². The highest BCUT2D eigenvalue weighted by Gasteiger charge is 2.43. The second kappa shape index (κ2) is 6.76. The minimum absolute atomic E-state index is 0.0436. The Morgan fingerprint density at radius 3 is 2.79 bits per heavy atom. The smallest absolute Gasteiger partial charge is 0.255 e. The molecule has 4 nitrogen and oxygen atoms in total. The summed E-state index contributed by atoms with van der Waals surface area (Å²) in [6, 6.07) is 3.04. The van der Waals surface area contributed by atoms with Gasteiger partial charge in [-0.15, -0.1) is 0 Å². The number of hydrogen-bond acceptors (Lipinski definition) is 3. The number of piperidine rings is 1. The molecule has 1 aliphatic carbocycles. The maximum Gasteiger partial charge on any atom is 0.255 e. The number of amides is 1. The average molecular weight is 338 g/mol. The van der Waals surface area contributed by atoms with Crippen LogP contribution >= 0.6 is 0 Å². The van der Waals surface area contributed by atoms with Crippen molar-refractivity contribution in [2.24, 2.45) is 5.92 Å². The second-order valence-electron chi connectivity index (χ2n) is 7.10. The van der Waals surface area contributed by atoms with Crippen molar-refractivity contribution < 1.29 is 18.7 Å². The molecule has 24 heavy (non-hydrogen) atoms. The Hall–Kier alpha value is -1.53. The normalized spacial score (nSPS) is 24.5. The summed E-state index contributed by atoms with van der Waals surface area (Å²) in [4.78, 5) is 14.3. The van der Waals surface area contributed by atoms with Gasteiger partial charge in [-0.1, -0.05) is 12.1 Å². The van der Waals surface area contributed by atoms with Crippen molar-refractivity contribution in [3.05, 3.63) is 34.9 Å². The fourth-order valence-electron chi connectivity index (χ4n) is 3.24. The number of nitrogens with zero attached hydrogens (tertiary/aromatic N) is 1. The molecule has 132 valence electrons. The summed E-state index contributed by atoms with van der Waals surface area (Å²) in [7, 11) is 0. The van der Waals surface area contributed by atoms with Gasteiger partial charge in [-0.25, -0.2) is 8.78 Å². The second-order valence-corrected chi connectivity index (χ2v) is 7.10. The summed E-state index contributed by atoms with van der Waals surface area (Å²) < 4.78 is 27.4. The van der Waals surface area contributed by atoms with E-state index in [0.29, 0.717) is 18.9 Å². The minimum Gasteiger partial charge on any atom is -0.379 e. The molecule has 2 N–H and O–H groups in total. The predicted octanol–water partition coefficient (Wildman–Crippen LogP) is 2.13. The number of carbonyl (C=O) groups excluding carboxylic acids is 1. The number of halogens is 2. The van der Waals surface area contributed by atoms with Crippen LogP contribution in [-0.2, 0) is 11.3 Å². The number of benzene rings is 1. The van der Waals surface area contributed by atoms with Crippen LogP contribution in [0.1, 0.15) is 36.8 Å². The van der Waals surface area contributed by atoms with Gasteiger partial charge in [0.15, 0.2) is 17.2 Å². The molecule has 1 aliphatic heterocycles. The van der Waals surface area contributed by atoms with Crippen LogP contribution in [0.5, 0.6) is 0 Å². The number of likely N-dealkylation sites (tertiary alicyclic amines) is 1. The lowest BCUT2D eigenvalue weighted by molar-refractivity contribution is -0.156. The average Bonchev–Trinajstić information content (AvgIpc) is 3.36. The third-order valence-electron chi connectivity index (χ3n) is 4.97. The maximum absolute atomic E-state index is 13.9. The molecule has 1 heterocycles. The summed E-state index contributed by atoms with van der Waals surface area (Å²) in [5.74, 6) is -1.39. The van der Waals surface area contributed by atoms with Crippen LogP contribution in [0, 0.1) is 24.5 Å². The highest BCUT2D eigenvalue weighted by molar-refractivity contribution is 5.86. The van der Waals surface area contributed by atoms with Gasteiger partial charge in [-0.05, 0) is 44.1 Å². The van der Waals surface area contributed by atoms with Gasteiger partial charge in [0.2, 0.25) is 0 Å². The monoisotopic (exact) mass is 338 g/mol. The molecule has 1 aromatic carbocycles. The molecule has 1 saturated heterocycles. The summed E-state index contributed by atoms with van der Waals surface area (Å²) in [5.41, 5.74) is -1.000. The molecule has 0 spiro atoms. The van der Waals surface area contributed by atoms with Crippen molar-refractivity contribution >= 4 is 5.91 Å². The number of hydrogen-bond donors (Lipinski definition) is 2. The van der Waals surface area contributed by atoms with Gasteiger partial charge in [0.25, 0.3) is 5.91 Å². The first kappa shape index (κ1) is 17.3. The first-order valence-electron chi connectivity index (χ1n) is 8.56. The Labute approximate surface area is 140 Å². The van der Waals surface area contributed by atoms with Gasteiger partial charge in [-0.3, -0.25) is 4.79 Å². The van der Waals surface area contributed by atoms with Crippen LogP contribution in [-0.4, -0.2) is 41.1 Å². The fraction of sp³-hybridized carbons (Fsp3) is 0.611. The molecule has 1 amide bonds. The van der Waals surface area contributed by atoms with Crippen molar-refractivity contribution in [2.45, 2.75) is 44.8 Å². The van der Waals surface area contributed by atoms with Crippen molar-refractivity contribution in [3.63, 3.8) is 0 Å². The van der Waals surface area contributed by atoms with Crippen LogP contribution in [0.2, 0.25) is 0 Å². The van der Waals surface area contributed by atoms with E-state index in [1.54, 1.807) is 4.90 Å². The summed E-state index contributed by atoms with van der Waals surface area (Å²) in [6.45, 7) is 3.03. The molecule has 0 radical (unpaired) electrons. The van der Waals surface area contributed by atoms with Crippen LogP contribution in [0.25, 0.3) is 0 Å². The first-order valence-corrected chi connectivity index (χ1v) is 8.56. The predicted molar refractivity (Wildman–Crippen MR) is 86.3 cm³/mol. The van der Waals surface area contributed by atoms with E-state index in [4.69, 9.17) is 0 Å². The van der Waals surface area contributed by atoms with Crippen molar-refractivity contribution in [1.29, 1.82) is 0 Å². The summed E-state index contributed by atoms with van der Waals surface area (Å²) in [5, 5.41) is 13.6. The molecular formula is C18H24F2N2O2. The van der Waals surface area contributed by atoms with E-state index in [0.717, 1.165) is 25.8 Å². The molecule has 2 fully saturated rings. The van der Waals surface area contributed by atoms with Gasteiger partial charge in [0.05, 0.1) is 0 Å². The molecular weight excluding hydrogens is 314 g/mol. The Bertz CT molecular complexity index is 634. The quantitative estimate of drug-likeness (QED) is 0.835. The zero-order valence-electron chi connectivity index (χ0n) is 13.9. The van der Waals surface area contributed by atoms with E-state index in [9.17, 15) is 18.7 Å². The molecule has 3 rings (SSSR count). The molecule has 1 saturated carbocycles. The minimum atomic E-state index is -1.45. The Balaban J connectivity index is 1.58. The fourth-order valence-corrected chi connectivity index (χ4v) is 3.24. The summed E-state index contributed by atoms with van der Waals surface area (Å²) >= 11 is 0. The van der Waals surface area contributed by atoms with Crippen molar-refractivity contribution in [1.82, 2.24) is 10.2 Å². The number of aliphatic hydroxyl groups is 1. The Kier molecular flexibility index (Phi) is 4.88. The first-order chi connectivity index (χ1) is 11.4. The van der Waals surface area contributed by atoms with Crippen LogP contribution in [0.4, 0.5) is 8.78 Å². The van der Waals surface area contributed by atoms with Crippen LogP contribution < -0.4 is 5.32 Å². The van der Waals surface area contributed by atoms with Gasteiger partial charge >= 0.3 is 0 Å². The standard InChI is InChI=1S/C18H24F2N2O2/c1-12-3-6-14(16(20)15(12)19)9-21-11-18(24)7-2-8-22(17(18)23)10-13-4-5-13/h3,6,13,21,24H,2,4-5,7-11H2,1H3/t18-/m1/s1. The molecule has 2 aliphatic rings. The lowest BCUT2D eigenvalue weighted by Crippen LogP contribution is -2.58. The van der Waals surface area contributed by atoms with E-state index < -0.39 is 17.2 Å². The number of nitrogens with one attached hydrogen (secondary N) is 1. The topological polar surface area (TPSA) is 52.6 Å². The SMILES string of the molecule is Cc1ccc(CNC[C@]2(O)CCCN(CC3CC3)C2=O)c(F)c1F. The lowest BCUT2D eigenvalue weighted by Gasteiger charge is -2.38. The van der Waals surface area contributed by atoms with Gasteiger partial charge in [-0.2, -0.15) is 0 Å². The molecule has 1 atom stereocenters.